The van der Waals surface area contributed by atoms with E-state index in [-0.39, 0.29) is 24.4 Å². The van der Waals surface area contributed by atoms with Crippen molar-refractivity contribution >= 4 is 11.6 Å². The van der Waals surface area contributed by atoms with E-state index in [4.69, 9.17) is 10.5 Å². The molecule has 0 heterocycles. The second kappa shape index (κ2) is 7.96. The number of ether oxygens (including phenoxy) is 1. The highest BCUT2D eigenvalue weighted by atomic mass is 19.4. The molecule has 8 heteroatoms. The van der Waals surface area contributed by atoms with E-state index >= 15 is 0 Å². The van der Waals surface area contributed by atoms with Gasteiger partial charge in [0.05, 0.1) is 6.33 Å². The molecule has 2 N–H and O–H groups in total. The van der Waals surface area contributed by atoms with Crippen molar-refractivity contribution in [1.82, 2.24) is 0 Å². The molecule has 0 atom stereocenters. The zero-order valence-corrected chi connectivity index (χ0v) is 12.7. The van der Waals surface area contributed by atoms with E-state index in [1.165, 1.54) is 38.1 Å². The number of nitrogens with two attached hydrogens (primary N) is 1. The van der Waals surface area contributed by atoms with Crippen LogP contribution in [0.1, 0.15) is 13.8 Å². The van der Waals surface area contributed by atoms with Crippen molar-refractivity contribution in [3.63, 3.8) is 0 Å². The minimum absolute atomic E-state index is 0.00417. The first-order chi connectivity index (χ1) is 10.7. The monoisotopic (exact) mass is 334 g/mol. The molecule has 0 fully saturated rings. The van der Waals surface area contributed by atoms with Crippen LogP contribution in [0.2, 0.25) is 0 Å². The molecule has 1 amide bonds. The minimum atomic E-state index is -4.96. The molecule has 0 saturated heterocycles. The number of alkyl halides is 3. The third kappa shape index (κ3) is 5.24. The minimum Gasteiger partial charge on any atom is -0.489 e. The van der Waals surface area contributed by atoms with Crippen molar-refractivity contribution in [3.05, 3.63) is 36.2 Å². The van der Waals surface area contributed by atoms with E-state index in [1.807, 2.05) is 0 Å². The van der Waals surface area contributed by atoms with Crippen LogP contribution in [-0.2, 0) is 4.79 Å². The Morgan fingerprint density at radius 1 is 1.30 bits per heavy atom. The van der Waals surface area contributed by atoms with E-state index in [0.29, 0.717) is 17.0 Å². The van der Waals surface area contributed by atoms with Gasteiger partial charge in [-0.3, -0.25) is 4.79 Å². The lowest BCUT2D eigenvalue weighted by Gasteiger charge is -2.27. The molecule has 0 aliphatic heterocycles. The van der Waals surface area contributed by atoms with Gasteiger partial charge in [-0.25, -0.2) is 4.39 Å². The lowest BCUT2D eigenvalue weighted by atomic mass is 10.2. The summed E-state index contributed by atoms with van der Waals surface area (Å²) >= 11 is 0. The van der Waals surface area contributed by atoms with Crippen molar-refractivity contribution in [3.8, 4) is 5.75 Å². The first-order valence-electron chi connectivity index (χ1n) is 6.82. The van der Waals surface area contributed by atoms with Crippen LogP contribution < -0.4 is 15.4 Å². The highest BCUT2D eigenvalue weighted by Crippen LogP contribution is 2.27. The van der Waals surface area contributed by atoms with Crippen LogP contribution in [0.3, 0.4) is 0 Å². The Labute approximate surface area is 131 Å². The summed E-state index contributed by atoms with van der Waals surface area (Å²) in [5, 5.41) is 0. The van der Waals surface area contributed by atoms with Crippen LogP contribution in [0.25, 0.3) is 0 Å². The number of benzene rings is 1. The van der Waals surface area contributed by atoms with Gasteiger partial charge < -0.3 is 15.4 Å². The maximum absolute atomic E-state index is 12.6. The predicted molar refractivity (Wildman–Crippen MR) is 78.9 cm³/mol. The third-order valence-electron chi connectivity index (χ3n) is 2.93. The molecule has 0 bridgehead atoms. The number of nitrogens with zero attached hydrogens (tertiary/aromatic N) is 1. The first-order valence-corrected chi connectivity index (χ1v) is 6.82. The summed E-state index contributed by atoms with van der Waals surface area (Å²) in [6, 6.07) is 4.80. The summed E-state index contributed by atoms with van der Waals surface area (Å²) in [6.07, 6.45) is -4.61. The van der Waals surface area contributed by atoms with E-state index in [2.05, 4.69) is 0 Å². The molecule has 4 nitrogen and oxygen atoms in total. The van der Waals surface area contributed by atoms with Gasteiger partial charge in [-0.1, -0.05) is 0 Å². The van der Waals surface area contributed by atoms with Crippen molar-refractivity contribution in [2.45, 2.75) is 26.1 Å². The van der Waals surface area contributed by atoms with Crippen LogP contribution in [-0.4, -0.2) is 31.3 Å². The van der Waals surface area contributed by atoms with Gasteiger partial charge in [0.1, 0.15) is 12.4 Å². The highest BCUT2D eigenvalue weighted by molar-refractivity contribution is 5.97. The molecule has 128 valence electrons. The van der Waals surface area contributed by atoms with Crippen molar-refractivity contribution in [2.24, 2.45) is 5.73 Å². The topological polar surface area (TPSA) is 55.6 Å². The maximum atomic E-state index is 12.6. The fraction of sp³-hybridized carbons (Fsp3) is 0.400. The first kappa shape index (κ1) is 19.0. The molecule has 23 heavy (non-hydrogen) atoms. The number of carbonyl (C=O) groups excluding carboxylic acids is 1. The normalized spacial score (nSPS) is 12.4. The van der Waals surface area contributed by atoms with E-state index in [0.717, 1.165) is 0 Å². The largest absolute Gasteiger partial charge is 0.489 e. The second-order valence-electron chi connectivity index (χ2n) is 5.02. The maximum Gasteiger partial charge on any atom is 0.471 e. The Morgan fingerprint density at radius 3 is 2.26 bits per heavy atom. The molecule has 1 aromatic carbocycles. The summed E-state index contributed by atoms with van der Waals surface area (Å²) in [6.45, 7) is 2.89. The molecule has 1 aromatic rings. The van der Waals surface area contributed by atoms with Crippen molar-refractivity contribution < 1.29 is 27.1 Å². The fourth-order valence-corrected chi connectivity index (χ4v) is 1.80. The van der Waals surface area contributed by atoms with Gasteiger partial charge in [-0.15, -0.1) is 0 Å². The molecule has 0 unspecified atom stereocenters. The number of carbonyl (C=O) groups is 1. The van der Waals surface area contributed by atoms with E-state index < -0.39 is 18.1 Å². The smallest absolute Gasteiger partial charge is 0.471 e. The van der Waals surface area contributed by atoms with E-state index in [9.17, 15) is 22.4 Å². The van der Waals surface area contributed by atoms with Crippen LogP contribution in [0.5, 0.6) is 5.75 Å². The molecule has 0 radical (unpaired) electrons. The van der Waals surface area contributed by atoms with Gasteiger partial charge in [0.2, 0.25) is 0 Å². The average Bonchev–Trinajstić information content (AvgIpc) is 2.48. The van der Waals surface area contributed by atoms with Gasteiger partial charge in [-0.2, -0.15) is 13.2 Å². The number of hydrogen-bond donors (Lipinski definition) is 1. The molecule has 0 aliphatic carbocycles. The molecule has 0 spiro atoms. The Bertz CT molecular complexity index is 554. The molecule has 0 aliphatic rings. The van der Waals surface area contributed by atoms with E-state index in [1.54, 1.807) is 0 Å². The summed E-state index contributed by atoms with van der Waals surface area (Å²) in [4.78, 5) is 12.1. The molecular formula is C15H18F4N2O2. The highest BCUT2D eigenvalue weighted by Gasteiger charge is 2.43. The number of anilines is 1. The van der Waals surface area contributed by atoms with Crippen LogP contribution >= 0.6 is 0 Å². The van der Waals surface area contributed by atoms with Crippen LogP contribution in [0.15, 0.2) is 36.2 Å². The fourth-order valence-electron chi connectivity index (χ4n) is 1.80. The summed E-state index contributed by atoms with van der Waals surface area (Å²) in [5.74, 6) is -1.61. The van der Waals surface area contributed by atoms with Crippen LogP contribution in [0.4, 0.5) is 23.2 Å². The van der Waals surface area contributed by atoms with Gasteiger partial charge in [0.15, 0.2) is 0 Å². The lowest BCUT2D eigenvalue weighted by Crippen LogP contribution is -2.45. The quantitative estimate of drug-likeness (QED) is 0.813. The number of amides is 1. The van der Waals surface area contributed by atoms with Crippen molar-refractivity contribution in [2.75, 3.05) is 18.1 Å². The summed E-state index contributed by atoms with van der Waals surface area (Å²) < 4.78 is 55.5. The Balaban J connectivity index is 2.90. The zero-order chi connectivity index (χ0) is 17.6. The Morgan fingerprint density at radius 2 is 1.87 bits per heavy atom. The van der Waals surface area contributed by atoms with Gasteiger partial charge in [0, 0.05) is 23.8 Å². The average molecular weight is 334 g/mol. The Kier molecular flexibility index (Phi) is 6.56. The number of rotatable bonds is 6. The lowest BCUT2D eigenvalue weighted by molar-refractivity contribution is -0.170. The molecular weight excluding hydrogens is 316 g/mol. The molecule has 0 saturated carbocycles. The van der Waals surface area contributed by atoms with Crippen molar-refractivity contribution in [1.29, 1.82) is 0 Å². The summed E-state index contributed by atoms with van der Waals surface area (Å²) in [5.41, 5.74) is 5.61. The molecule has 1 rings (SSSR count). The third-order valence-corrected chi connectivity index (χ3v) is 2.93. The number of halogens is 4. The second-order valence-corrected chi connectivity index (χ2v) is 5.02. The van der Waals surface area contributed by atoms with Gasteiger partial charge in [0.25, 0.3) is 0 Å². The molecule has 0 aromatic heterocycles. The van der Waals surface area contributed by atoms with Gasteiger partial charge >= 0.3 is 12.1 Å². The predicted octanol–water partition coefficient (Wildman–Crippen LogP) is 3.18. The zero-order valence-electron chi connectivity index (χ0n) is 12.7. The summed E-state index contributed by atoms with van der Waals surface area (Å²) in [7, 11) is 0. The number of hydrogen-bond acceptors (Lipinski definition) is 3. The van der Waals surface area contributed by atoms with Gasteiger partial charge in [-0.05, 0) is 38.1 Å². The SMILES string of the molecule is CC(C)N(C(=O)C(F)(F)F)c1ccc(OC/C(=C/F)CN)cc1. The standard InChI is InChI=1S/C15H18F4N2O2/c1-10(2)21(14(22)15(17,18)19)12-3-5-13(6-4-12)23-9-11(7-16)8-20/h3-7,10H,8-9,20H2,1-2H3/b11-7+. The van der Waals surface area contributed by atoms with Crippen LogP contribution in [0, 0.1) is 0 Å². The Hall–Kier alpha value is -2.09.